The van der Waals surface area contributed by atoms with Crippen LogP contribution in [0.2, 0.25) is 0 Å². The standard InChI is InChI=1S/2C6F5.2C3H6NO.Pd/c2*7-2-1-3(8)5(10)6(11)4(2)9;2*1-3(4)5-2;/h;;2*1-2H3;/q4*-1;. The van der Waals surface area contributed by atoms with Crippen LogP contribution in [0.4, 0.5) is 43.9 Å². The van der Waals surface area contributed by atoms with E-state index in [1.54, 1.807) is 0 Å². The van der Waals surface area contributed by atoms with Gasteiger partial charge in [-0.1, -0.05) is 0 Å². The van der Waals surface area contributed by atoms with Crippen LogP contribution in [-0.4, -0.2) is 26.0 Å². The Bertz CT molecular complexity index is 817. The quantitative estimate of drug-likeness (QED) is 0.0770. The van der Waals surface area contributed by atoms with Crippen LogP contribution in [0.3, 0.4) is 0 Å². The molecule has 0 saturated carbocycles. The third kappa shape index (κ3) is 12.8. The molecule has 0 amide bonds. The second kappa shape index (κ2) is 16.9. The van der Waals surface area contributed by atoms with Crippen molar-refractivity contribution in [2.45, 2.75) is 13.8 Å². The maximum Gasteiger partial charge on any atom is 0.0893 e. The van der Waals surface area contributed by atoms with Gasteiger partial charge < -0.3 is 20.3 Å². The van der Waals surface area contributed by atoms with Crippen molar-refractivity contribution in [3.8, 4) is 0 Å². The summed E-state index contributed by atoms with van der Waals surface area (Å²) in [5.41, 5.74) is 0. The minimum absolute atomic E-state index is 0. The third-order valence-electron chi connectivity index (χ3n) is 2.57. The molecule has 0 radical (unpaired) electrons. The van der Waals surface area contributed by atoms with E-state index in [1.807, 2.05) is 0 Å². The maximum absolute atomic E-state index is 12.0. The van der Waals surface area contributed by atoms with Crippen molar-refractivity contribution in [2.24, 2.45) is 0 Å². The van der Waals surface area contributed by atoms with Crippen molar-refractivity contribution < 1.29 is 73.8 Å². The van der Waals surface area contributed by atoms with Gasteiger partial charge in [0.1, 0.15) is 0 Å². The molecule has 4 nitrogen and oxygen atoms in total. The summed E-state index contributed by atoms with van der Waals surface area (Å²) in [6.45, 7) is 2.94. The molecule has 2 aromatic carbocycles. The van der Waals surface area contributed by atoms with E-state index in [-0.39, 0.29) is 32.2 Å². The molecule has 0 aliphatic carbocycles. The zero-order valence-corrected chi connectivity index (χ0v) is 18.4. The average molecular weight is 585 g/mol. The summed E-state index contributed by atoms with van der Waals surface area (Å²) >= 11 is 0. The second-order valence-corrected chi connectivity index (χ2v) is 4.84. The van der Waals surface area contributed by atoms with Gasteiger partial charge in [-0.3, -0.25) is 17.6 Å². The van der Waals surface area contributed by atoms with Gasteiger partial charge in [-0.25, -0.2) is 26.3 Å². The fraction of sp³-hybridized carbons (Fsp3) is 0.222. The normalized spacial score (nSPS) is 8.91. The molecule has 0 spiro atoms. The topological polar surface area (TPSA) is 63.1 Å². The maximum atomic E-state index is 12.0. The van der Waals surface area contributed by atoms with Crippen molar-refractivity contribution in [3.05, 3.63) is 81.1 Å². The molecule has 33 heavy (non-hydrogen) atoms. The molecule has 0 heterocycles. The molecule has 0 atom stereocenters. The van der Waals surface area contributed by atoms with Gasteiger partial charge in [-0.05, 0) is 25.6 Å². The van der Waals surface area contributed by atoms with Gasteiger partial charge in [0.25, 0.3) is 0 Å². The van der Waals surface area contributed by atoms with E-state index in [4.69, 9.17) is 10.8 Å². The first-order valence-corrected chi connectivity index (χ1v) is 7.56. The first kappa shape index (κ1) is 34.9. The largest absolute Gasteiger partial charge is 0.776 e. The molecule has 0 aliphatic heterocycles. The van der Waals surface area contributed by atoms with Gasteiger partial charge in [0, 0.05) is 20.4 Å². The van der Waals surface area contributed by atoms with Crippen LogP contribution in [0.1, 0.15) is 13.8 Å². The first-order chi connectivity index (χ1) is 14.6. The van der Waals surface area contributed by atoms with Gasteiger partial charge in [-0.15, -0.1) is 12.1 Å². The van der Waals surface area contributed by atoms with E-state index in [9.17, 15) is 43.9 Å². The van der Waals surface area contributed by atoms with Crippen LogP contribution in [0.5, 0.6) is 0 Å². The summed E-state index contributed by atoms with van der Waals surface area (Å²) in [7, 11) is 2.82. The third-order valence-corrected chi connectivity index (χ3v) is 2.57. The molecule has 0 saturated heterocycles. The smallest absolute Gasteiger partial charge is 0.0893 e. The van der Waals surface area contributed by atoms with E-state index in [2.05, 4.69) is 9.47 Å². The first-order valence-electron chi connectivity index (χ1n) is 7.56. The van der Waals surface area contributed by atoms with Crippen LogP contribution in [0.15, 0.2) is 0 Å². The molecule has 15 heteroatoms. The molecule has 0 N–H and O–H groups in total. The minimum Gasteiger partial charge on any atom is -0.776 e. The predicted molar refractivity (Wildman–Crippen MR) is 92.2 cm³/mol. The number of benzene rings is 2. The molecule has 0 fully saturated rings. The summed E-state index contributed by atoms with van der Waals surface area (Å²) in [5.74, 6) is -20.1. The van der Waals surface area contributed by atoms with Crippen molar-refractivity contribution in [1.82, 2.24) is 0 Å². The Morgan fingerprint density at radius 1 is 0.515 bits per heavy atom. The van der Waals surface area contributed by atoms with E-state index < -0.39 is 58.2 Å². The van der Waals surface area contributed by atoms with Crippen molar-refractivity contribution in [2.75, 3.05) is 14.2 Å². The molecule has 2 aromatic rings. The molecule has 2 rings (SSSR count). The zero-order valence-electron chi connectivity index (χ0n) is 16.8. The molecule has 190 valence electrons. The number of methoxy groups -OCH3 is 2. The summed E-state index contributed by atoms with van der Waals surface area (Å²) in [4.78, 5) is 0. The predicted octanol–water partition coefficient (Wildman–Crippen LogP) is 5.60. The summed E-state index contributed by atoms with van der Waals surface area (Å²) in [6, 6.07) is 2.05. The fourth-order valence-corrected chi connectivity index (χ4v) is 0.990. The Balaban J connectivity index is -0.000000386. The summed E-state index contributed by atoms with van der Waals surface area (Å²) in [5, 5.41) is 16.1. The number of rotatable bonds is 0. The molecular formula is C18H12F10N2O2Pd-4. The van der Waals surface area contributed by atoms with Gasteiger partial charge >= 0.3 is 0 Å². The van der Waals surface area contributed by atoms with Crippen LogP contribution >= 0.6 is 0 Å². The summed E-state index contributed by atoms with van der Waals surface area (Å²) in [6.07, 6.45) is 0. The molecule has 0 aliphatic rings. The fourth-order valence-electron chi connectivity index (χ4n) is 0.990. The van der Waals surface area contributed by atoms with Crippen molar-refractivity contribution in [3.63, 3.8) is 0 Å². The minimum atomic E-state index is -2.17. The van der Waals surface area contributed by atoms with Gasteiger partial charge in [-0.2, -0.15) is 0 Å². The van der Waals surface area contributed by atoms with Crippen LogP contribution in [0, 0.1) is 70.3 Å². The van der Waals surface area contributed by atoms with Gasteiger partial charge in [0.15, 0.2) is 0 Å². The van der Waals surface area contributed by atoms with Gasteiger partial charge in [0.05, 0.1) is 72.4 Å². The summed E-state index contributed by atoms with van der Waals surface area (Å²) < 4.78 is 128. The SMILES string of the molecule is COC(C)=[N-].COC(C)=[N-].Fc1[c-]c(F)c(F)c(F)c1F.Fc1[c-]c(F)c(F)c(F)c1F.[Pd]. The number of nitrogens with zero attached hydrogens (tertiary/aromatic N) is 2. The Hall–Kier alpha value is -2.66. The molecule has 0 bridgehead atoms. The van der Waals surface area contributed by atoms with E-state index in [0.717, 1.165) is 12.1 Å². The monoisotopic (exact) mass is 584 g/mol. The van der Waals surface area contributed by atoms with Crippen LogP contribution < -0.4 is 0 Å². The Labute approximate surface area is 195 Å². The van der Waals surface area contributed by atoms with Crippen molar-refractivity contribution in [1.29, 1.82) is 0 Å². The second-order valence-electron chi connectivity index (χ2n) is 4.84. The number of hydrogen-bond acceptors (Lipinski definition) is 2. The van der Waals surface area contributed by atoms with Crippen LogP contribution in [-0.2, 0) is 29.9 Å². The van der Waals surface area contributed by atoms with Gasteiger partial charge in [0.2, 0.25) is 0 Å². The van der Waals surface area contributed by atoms with E-state index in [1.165, 1.54) is 28.1 Å². The molecule has 0 aromatic heterocycles. The Morgan fingerprint density at radius 2 is 0.667 bits per heavy atom. The molecule has 0 unspecified atom stereocenters. The van der Waals surface area contributed by atoms with Crippen LogP contribution in [0.25, 0.3) is 10.8 Å². The zero-order chi connectivity index (χ0) is 25.8. The number of ether oxygens (including phenoxy) is 2. The Morgan fingerprint density at radius 3 is 0.788 bits per heavy atom. The van der Waals surface area contributed by atoms with E-state index >= 15 is 0 Å². The van der Waals surface area contributed by atoms with E-state index in [0.29, 0.717) is 0 Å². The number of halogens is 10. The number of hydrogen-bond donors (Lipinski definition) is 0. The average Bonchev–Trinajstić information content (AvgIpc) is 2.74. The molecular weight excluding hydrogens is 573 g/mol. The Kier molecular flexibility index (Phi) is 17.9. The van der Waals surface area contributed by atoms with Crippen molar-refractivity contribution >= 4 is 11.8 Å².